The maximum absolute atomic E-state index is 6.00. The van der Waals surface area contributed by atoms with E-state index in [1.807, 2.05) is 6.92 Å². The van der Waals surface area contributed by atoms with Crippen LogP contribution in [0.25, 0.3) is 0 Å². The van der Waals surface area contributed by atoms with E-state index in [1.54, 1.807) is 6.20 Å². The van der Waals surface area contributed by atoms with Crippen molar-refractivity contribution in [3.8, 4) is 0 Å². The third kappa shape index (κ3) is 1.99. The van der Waals surface area contributed by atoms with Crippen LogP contribution in [0.2, 0.25) is 0 Å². The Morgan fingerprint density at radius 1 is 1.37 bits per heavy atom. The van der Waals surface area contributed by atoms with Crippen molar-refractivity contribution in [2.24, 2.45) is 5.84 Å². The molecule has 1 heterocycles. The van der Waals surface area contributed by atoms with Crippen LogP contribution in [0.5, 0.6) is 0 Å². The van der Waals surface area contributed by atoms with Crippen LogP contribution in [0.15, 0.2) is 36.5 Å². The van der Waals surface area contributed by atoms with Gasteiger partial charge in [-0.05, 0) is 36.1 Å². The highest BCUT2D eigenvalue weighted by Crippen LogP contribution is 2.44. The number of aromatic nitrogens is 1. The highest BCUT2D eigenvalue weighted by atomic mass is 15.2. The number of nitrogens with two attached hydrogens (primary N) is 2. The molecule has 2 aromatic rings. The lowest BCUT2D eigenvalue weighted by Crippen LogP contribution is -2.37. The normalized spacial score (nSPS) is 18.5. The molecule has 0 radical (unpaired) electrons. The zero-order valence-corrected chi connectivity index (χ0v) is 10.9. The Morgan fingerprint density at radius 2 is 2.16 bits per heavy atom. The van der Waals surface area contributed by atoms with Crippen molar-refractivity contribution in [1.29, 1.82) is 0 Å². The van der Waals surface area contributed by atoms with E-state index in [1.165, 1.54) is 11.1 Å². The second-order valence-electron chi connectivity index (χ2n) is 5.14. The topological polar surface area (TPSA) is 77.0 Å². The molecule has 1 aliphatic rings. The summed E-state index contributed by atoms with van der Waals surface area (Å²) in [4.78, 5) is 4.23. The van der Waals surface area contributed by atoms with Crippen molar-refractivity contribution < 1.29 is 0 Å². The molecule has 0 amide bonds. The molecule has 0 saturated heterocycles. The van der Waals surface area contributed by atoms with Crippen molar-refractivity contribution in [3.63, 3.8) is 0 Å². The van der Waals surface area contributed by atoms with Crippen LogP contribution in [-0.4, -0.2) is 4.98 Å². The van der Waals surface area contributed by atoms with Gasteiger partial charge in [-0.15, -0.1) is 0 Å². The van der Waals surface area contributed by atoms with Gasteiger partial charge in [0, 0.05) is 17.7 Å². The number of anilines is 1. The predicted molar refractivity (Wildman–Crippen MR) is 76.3 cm³/mol. The fourth-order valence-corrected chi connectivity index (χ4v) is 2.87. The summed E-state index contributed by atoms with van der Waals surface area (Å²) < 4.78 is 0. The van der Waals surface area contributed by atoms with Gasteiger partial charge in [0.05, 0.1) is 6.04 Å². The standard InChI is InChI=1S/C15H18N4/c1-9-6-13(15(16)18-8-9)14(19-17)12-7-10-4-2-3-5-11(10)12/h2-6,8,12,14,19H,7,17H2,1H3,(H2,16,18). The Bertz CT molecular complexity index is 609. The van der Waals surface area contributed by atoms with Crippen LogP contribution in [0.1, 0.15) is 34.2 Å². The number of fused-ring (bicyclic) bond motifs is 1. The molecule has 4 nitrogen and oxygen atoms in total. The molecule has 1 aliphatic carbocycles. The summed E-state index contributed by atoms with van der Waals surface area (Å²) >= 11 is 0. The summed E-state index contributed by atoms with van der Waals surface area (Å²) in [6.45, 7) is 2.01. The van der Waals surface area contributed by atoms with Gasteiger partial charge in [-0.2, -0.15) is 0 Å². The molecule has 5 N–H and O–H groups in total. The van der Waals surface area contributed by atoms with Crippen LogP contribution in [-0.2, 0) is 6.42 Å². The lowest BCUT2D eigenvalue weighted by molar-refractivity contribution is 0.419. The first-order valence-corrected chi connectivity index (χ1v) is 6.46. The number of aryl methyl sites for hydroxylation is 1. The first kappa shape index (κ1) is 12.1. The minimum atomic E-state index is 0.0160. The number of nitrogen functional groups attached to an aromatic ring is 1. The molecule has 2 unspecified atom stereocenters. The number of nitrogens with one attached hydrogen (secondary N) is 1. The van der Waals surface area contributed by atoms with Crippen LogP contribution in [0.3, 0.4) is 0 Å². The largest absolute Gasteiger partial charge is 0.383 e. The zero-order chi connectivity index (χ0) is 13.4. The number of hydrogen-bond donors (Lipinski definition) is 3. The Kier molecular flexibility index (Phi) is 2.97. The van der Waals surface area contributed by atoms with E-state index in [0.717, 1.165) is 17.5 Å². The molecule has 3 rings (SSSR count). The number of nitrogens with zero attached hydrogens (tertiary/aromatic N) is 1. The molecule has 0 aliphatic heterocycles. The van der Waals surface area contributed by atoms with Crippen molar-refractivity contribution in [2.75, 3.05) is 5.73 Å². The molecule has 1 aromatic heterocycles. The average Bonchev–Trinajstić information content (AvgIpc) is 2.39. The zero-order valence-electron chi connectivity index (χ0n) is 10.9. The first-order chi connectivity index (χ1) is 9.20. The molecule has 4 heteroatoms. The van der Waals surface area contributed by atoms with E-state index >= 15 is 0 Å². The van der Waals surface area contributed by atoms with Gasteiger partial charge in [-0.3, -0.25) is 11.3 Å². The van der Waals surface area contributed by atoms with E-state index in [4.69, 9.17) is 11.6 Å². The molecule has 19 heavy (non-hydrogen) atoms. The van der Waals surface area contributed by atoms with E-state index < -0.39 is 0 Å². The summed E-state index contributed by atoms with van der Waals surface area (Å²) in [6, 6.07) is 10.5. The summed E-state index contributed by atoms with van der Waals surface area (Å²) in [5, 5.41) is 0. The summed E-state index contributed by atoms with van der Waals surface area (Å²) in [5.74, 6) is 6.68. The van der Waals surface area contributed by atoms with Crippen LogP contribution >= 0.6 is 0 Å². The second kappa shape index (κ2) is 4.64. The first-order valence-electron chi connectivity index (χ1n) is 6.46. The summed E-state index contributed by atoms with van der Waals surface area (Å²) in [5.41, 5.74) is 13.7. The van der Waals surface area contributed by atoms with Crippen LogP contribution < -0.4 is 17.0 Å². The van der Waals surface area contributed by atoms with Crippen molar-refractivity contribution in [2.45, 2.75) is 25.3 Å². The van der Waals surface area contributed by atoms with Crippen molar-refractivity contribution >= 4 is 5.82 Å². The molecule has 0 spiro atoms. The minimum absolute atomic E-state index is 0.0160. The molecule has 2 atom stereocenters. The molecular weight excluding hydrogens is 236 g/mol. The monoisotopic (exact) mass is 254 g/mol. The quantitative estimate of drug-likeness (QED) is 0.577. The van der Waals surface area contributed by atoms with Gasteiger partial charge < -0.3 is 5.73 Å². The summed E-state index contributed by atoms with van der Waals surface area (Å²) in [7, 11) is 0. The lowest BCUT2D eigenvalue weighted by Gasteiger charge is -2.36. The third-order valence-corrected chi connectivity index (χ3v) is 3.90. The third-order valence-electron chi connectivity index (χ3n) is 3.90. The molecule has 0 bridgehead atoms. The SMILES string of the molecule is Cc1cnc(N)c(C(NN)C2Cc3ccccc32)c1. The van der Waals surface area contributed by atoms with Gasteiger partial charge in [0.25, 0.3) is 0 Å². The highest BCUT2D eigenvalue weighted by molar-refractivity contribution is 5.49. The fraction of sp³-hybridized carbons (Fsp3) is 0.267. The van der Waals surface area contributed by atoms with E-state index in [0.29, 0.717) is 11.7 Å². The van der Waals surface area contributed by atoms with Gasteiger partial charge in [0.15, 0.2) is 0 Å². The van der Waals surface area contributed by atoms with Crippen LogP contribution in [0.4, 0.5) is 5.82 Å². The number of rotatable bonds is 3. The van der Waals surface area contributed by atoms with Gasteiger partial charge in [-0.1, -0.05) is 24.3 Å². The number of hydrogen-bond acceptors (Lipinski definition) is 4. The molecule has 1 aromatic carbocycles. The lowest BCUT2D eigenvalue weighted by atomic mass is 9.72. The minimum Gasteiger partial charge on any atom is -0.383 e. The van der Waals surface area contributed by atoms with E-state index in [2.05, 4.69) is 40.7 Å². The Balaban J connectivity index is 1.97. The average molecular weight is 254 g/mol. The van der Waals surface area contributed by atoms with Gasteiger partial charge in [-0.25, -0.2) is 4.98 Å². The fourth-order valence-electron chi connectivity index (χ4n) is 2.87. The van der Waals surface area contributed by atoms with E-state index in [9.17, 15) is 0 Å². The maximum atomic E-state index is 6.00. The maximum Gasteiger partial charge on any atom is 0.128 e. The predicted octanol–water partition coefficient (Wildman–Crippen LogP) is 1.82. The molecular formula is C15H18N4. The highest BCUT2D eigenvalue weighted by Gasteiger charge is 2.34. The van der Waals surface area contributed by atoms with E-state index in [-0.39, 0.29) is 6.04 Å². The molecule has 0 saturated carbocycles. The number of hydrazine groups is 1. The van der Waals surface area contributed by atoms with Crippen LogP contribution in [0, 0.1) is 6.92 Å². The number of pyridine rings is 1. The van der Waals surface area contributed by atoms with Crippen molar-refractivity contribution in [1.82, 2.24) is 10.4 Å². The Morgan fingerprint density at radius 3 is 2.89 bits per heavy atom. The van der Waals surface area contributed by atoms with Crippen molar-refractivity contribution in [3.05, 3.63) is 58.8 Å². The smallest absolute Gasteiger partial charge is 0.128 e. The van der Waals surface area contributed by atoms with Gasteiger partial charge >= 0.3 is 0 Å². The van der Waals surface area contributed by atoms with Gasteiger partial charge in [0.2, 0.25) is 0 Å². The van der Waals surface area contributed by atoms with Gasteiger partial charge in [0.1, 0.15) is 5.82 Å². The Hall–Kier alpha value is -1.91. The molecule has 98 valence electrons. The number of benzene rings is 1. The summed E-state index contributed by atoms with van der Waals surface area (Å²) in [6.07, 6.45) is 2.81. The Labute approximate surface area is 112 Å². The second-order valence-corrected chi connectivity index (χ2v) is 5.14. The molecule has 0 fully saturated rings.